The SMILES string of the molecule is COc1cccc(C(=O)N2CCN(Cc3c(-c4ccc(Cl)cc4)nc4ccccn34)CC2)c1. The van der Waals surface area contributed by atoms with Gasteiger partial charge in [-0.3, -0.25) is 9.69 Å². The van der Waals surface area contributed by atoms with Crippen molar-refractivity contribution in [2.24, 2.45) is 0 Å². The number of ether oxygens (including phenoxy) is 1. The number of carbonyl (C=O) groups is 1. The molecule has 0 saturated carbocycles. The average molecular weight is 461 g/mol. The maximum absolute atomic E-state index is 13.0. The molecule has 0 spiro atoms. The second-order valence-corrected chi connectivity index (χ2v) is 8.58. The van der Waals surface area contributed by atoms with Crippen LogP contribution >= 0.6 is 11.6 Å². The fourth-order valence-corrected chi connectivity index (χ4v) is 4.42. The minimum absolute atomic E-state index is 0.0465. The molecule has 33 heavy (non-hydrogen) atoms. The lowest BCUT2D eigenvalue weighted by Gasteiger charge is -2.34. The first-order valence-corrected chi connectivity index (χ1v) is 11.4. The number of hydrogen-bond acceptors (Lipinski definition) is 4. The van der Waals surface area contributed by atoms with Gasteiger partial charge in [-0.25, -0.2) is 4.98 Å². The van der Waals surface area contributed by atoms with Gasteiger partial charge in [-0.05, 0) is 42.5 Å². The molecule has 0 atom stereocenters. The highest BCUT2D eigenvalue weighted by atomic mass is 35.5. The van der Waals surface area contributed by atoms with Crippen molar-refractivity contribution in [3.05, 3.63) is 89.2 Å². The number of pyridine rings is 1. The molecule has 2 aromatic heterocycles. The average Bonchev–Trinajstić information content (AvgIpc) is 3.23. The van der Waals surface area contributed by atoms with Gasteiger partial charge in [0.2, 0.25) is 0 Å². The first-order valence-electron chi connectivity index (χ1n) is 11.0. The summed E-state index contributed by atoms with van der Waals surface area (Å²) in [4.78, 5) is 22.2. The van der Waals surface area contributed by atoms with E-state index >= 15 is 0 Å². The highest BCUT2D eigenvalue weighted by Gasteiger charge is 2.24. The van der Waals surface area contributed by atoms with E-state index in [0.29, 0.717) is 29.4 Å². The van der Waals surface area contributed by atoms with E-state index < -0.39 is 0 Å². The molecule has 0 N–H and O–H groups in total. The van der Waals surface area contributed by atoms with E-state index in [1.54, 1.807) is 13.2 Å². The van der Waals surface area contributed by atoms with E-state index in [1.807, 2.05) is 65.6 Å². The summed E-state index contributed by atoms with van der Waals surface area (Å²) in [6.07, 6.45) is 2.06. The van der Waals surface area contributed by atoms with E-state index in [4.69, 9.17) is 21.3 Å². The minimum atomic E-state index is 0.0465. The Morgan fingerprint density at radius 1 is 1.00 bits per heavy atom. The van der Waals surface area contributed by atoms with Crippen LogP contribution in [0.1, 0.15) is 16.1 Å². The van der Waals surface area contributed by atoms with Crippen LogP contribution in [0.2, 0.25) is 5.02 Å². The maximum Gasteiger partial charge on any atom is 0.254 e. The van der Waals surface area contributed by atoms with Crippen LogP contribution in [0.4, 0.5) is 0 Å². The summed E-state index contributed by atoms with van der Waals surface area (Å²) in [5.41, 5.74) is 4.73. The first-order chi connectivity index (χ1) is 16.1. The van der Waals surface area contributed by atoms with Gasteiger partial charge in [-0.2, -0.15) is 0 Å². The predicted molar refractivity (Wildman–Crippen MR) is 130 cm³/mol. The number of fused-ring (bicyclic) bond motifs is 1. The van der Waals surface area contributed by atoms with E-state index in [0.717, 1.165) is 42.2 Å². The fraction of sp³-hybridized carbons (Fsp3) is 0.231. The number of rotatable bonds is 5. The normalized spacial score (nSPS) is 14.5. The van der Waals surface area contributed by atoms with Crippen LogP contribution in [0, 0.1) is 0 Å². The Balaban J connectivity index is 1.33. The van der Waals surface area contributed by atoms with Crippen LogP contribution in [0.15, 0.2) is 72.9 Å². The summed E-state index contributed by atoms with van der Waals surface area (Å²) in [5, 5.41) is 0.709. The number of aromatic nitrogens is 2. The molecule has 168 valence electrons. The molecule has 6 nitrogen and oxygen atoms in total. The van der Waals surface area contributed by atoms with E-state index in [-0.39, 0.29) is 5.91 Å². The van der Waals surface area contributed by atoms with Gasteiger partial charge in [0, 0.05) is 55.1 Å². The van der Waals surface area contributed by atoms with Crippen molar-refractivity contribution in [2.45, 2.75) is 6.54 Å². The molecule has 5 rings (SSSR count). The van der Waals surface area contributed by atoms with Gasteiger partial charge in [0.25, 0.3) is 5.91 Å². The van der Waals surface area contributed by atoms with Crippen molar-refractivity contribution >= 4 is 23.2 Å². The predicted octanol–water partition coefficient (Wildman–Crippen LogP) is 4.62. The van der Waals surface area contributed by atoms with Crippen molar-refractivity contribution in [3.63, 3.8) is 0 Å². The van der Waals surface area contributed by atoms with Crippen molar-refractivity contribution in [1.82, 2.24) is 19.2 Å². The molecule has 2 aromatic carbocycles. The fourth-order valence-electron chi connectivity index (χ4n) is 4.30. The number of carbonyl (C=O) groups excluding carboxylic acids is 1. The van der Waals surface area contributed by atoms with Crippen molar-refractivity contribution < 1.29 is 9.53 Å². The molecule has 3 heterocycles. The molecule has 4 aromatic rings. The molecule has 0 aliphatic carbocycles. The number of piperazine rings is 1. The molecule has 0 radical (unpaired) electrons. The smallest absolute Gasteiger partial charge is 0.254 e. The van der Waals surface area contributed by atoms with Crippen LogP contribution < -0.4 is 4.74 Å². The maximum atomic E-state index is 13.0. The Labute approximate surface area is 198 Å². The summed E-state index contributed by atoms with van der Waals surface area (Å²) in [6, 6.07) is 21.2. The van der Waals surface area contributed by atoms with Gasteiger partial charge < -0.3 is 14.0 Å². The lowest BCUT2D eigenvalue weighted by molar-refractivity contribution is 0.0626. The van der Waals surface area contributed by atoms with Crippen LogP contribution in [0.25, 0.3) is 16.9 Å². The minimum Gasteiger partial charge on any atom is -0.497 e. The molecule has 1 aliphatic heterocycles. The van der Waals surface area contributed by atoms with Crippen LogP contribution in [-0.4, -0.2) is 58.4 Å². The zero-order chi connectivity index (χ0) is 22.8. The quantitative estimate of drug-likeness (QED) is 0.436. The Kier molecular flexibility index (Phi) is 6.03. The van der Waals surface area contributed by atoms with Crippen molar-refractivity contribution in [2.75, 3.05) is 33.3 Å². The molecule has 1 fully saturated rings. The summed E-state index contributed by atoms with van der Waals surface area (Å²) < 4.78 is 7.41. The largest absolute Gasteiger partial charge is 0.497 e. The van der Waals surface area contributed by atoms with E-state index in [9.17, 15) is 4.79 Å². The zero-order valence-electron chi connectivity index (χ0n) is 18.4. The Hall–Kier alpha value is -3.35. The Morgan fingerprint density at radius 3 is 2.55 bits per heavy atom. The Bertz CT molecular complexity index is 1280. The first kappa shape index (κ1) is 21.5. The molecule has 1 amide bonds. The number of imidazole rings is 1. The van der Waals surface area contributed by atoms with Crippen molar-refractivity contribution in [1.29, 1.82) is 0 Å². The van der Waals surface area contributed by atoms with Crippen LogP contribution in [0.5, 0.6) is 5.75 Å². The second kappa shape index (κ2) is 9.25. The third-order valence-electron chi connectivity index (χ3n) is 6.10. The van der Waals surface area contributed by atoms with Gasteiger partial charge in [0.05, 0.1) is 18.5 Å². The lowest BCUT2D eigenvalue weighted by atomic mass is 10.1. The Morgan fingerprint density at radius 2 is 1.79 bits per heavy atom. The number of methoxy groups -OCH3 is 1. The molecule has 7 heteroatoms. The third-order valence-corrected chi connectivity index (χ3v) is 6.35. The number of nitrogens with zero attached hydrogens (tertiary/aromatic N) is 4. The van der Waals surface area contributed by atoms with Gasteiger partial charge in [-0.1, -0.05) is 35.9 Å². The molecular weight excluding hydrogens is 436 g/mol. The topological polar surface area (TPSA) is 50.1 Å². The van der Waals surface area contributed by atoms with Crippen LogP contribution in [0.3, 0.4) is 0 Å². The number of amides is 1. The third kappa shape index (κ3) is 4.45. The van der Waals surface area contributed by atoms with E-state index in [1.165, 1.54) is 0 Å². The summed E-state index contributed by atoms with van der Waals surface area (Å²) >= 11 is 6.10. The standard InChI is InChI=1S/C26H25ClN4O2/c1-33-22-6-4-5-20(17-22)26(32)30-15-13-29(14-16-30)18-23-25(19-8-10-21(27)11-9-19)28-24-7-2-3-12-31(23)24/h2-12,17H,13-16,18H2,1H3. The molecule has 1 saturated heterocycles. The monoisotopic (exact) mass is 460 g/mol. The highest BCUT2D eigenvalue weighted by molar-refractivity contribution is 6.30. The zero-order valence-corrected chi connectivity index (χ0v) is 19.2. The van der Waals surface area contributed by atoms with Crippen LogP contribution in [-0.2, 0) is 6.54 Å². The highest BCUT2D eigenvalue weighted by Crippen LogP contribution is 2.27. The van der Waals surface area contributed by atoms with E-state index in [2.05, 4.69) is 15.5 Å². The number of hydrogen-bond donors (Lipinski definition) is 0. The lowest BCUT2D eigenvalue weighted by Crippen LogP contribution is -2.48. The van der Waals surface area contributed by atoms with Gasteiger partial charge in [-0.15, -0.1) is 0 Å². The molecule has 0 bridgehead atoms. The number of halogens is 1. The molecular formula is C26H25ClN4O2. The van der Waals surface area contributed by atoms with Gasteiger partial charge in [0.15, 0.2) is 0 Å². The summed E-state index contributed by atoms with van der Waals surface area (Å²) in [6.45, 7) is 3.72. The van der Waals surface area contributed by atoms with Gasteiger partial charge >= 0.3 is 0 Å². The van der Waals surface area contributed by atoms with Gasteiger partial charge in [0.1, 0.15) is 11.4 Å². The second-order valence-electron chi connectivity index (χ2n) is 8.14. The summed E-state index contributed by atoms with van der Waals surface area (Å²) in [5.74, 6) is 0.743. The molecule has 0 unspecified atom stereocenters. The number of benzene rings is 2. The molecule has 1 aliphatic rings. The van der Waals surface area contributed by atoms with Crippen molar-refractivity contribution in [3.8, 4) is 17.0 Å². The summed E-state index contributed by atoms with van der Waals surface area (Å²) in [7, 11) is 1.61.